The topological polar surface area (TPSA) is 79.2 Å². The Morgan fingerprint density at radius 3 is 2.81 bits per heavy atom. The van der Waals surface area contributed by atoms with Gasteiger partial charge in [0.2, 0.25) is 0 Å². The van der Waals surface area contributed by atoms with E-state index in [0.29, 0.717) is 30.4 Å². The summed E-state index contributed by atoms with van der Waals surface area (Å²) in [4.78, 5) is 16.6. The van der Waals surface area contributed by atoms with Crippen molar-refractivity contribution in [1.29, 1.82) is 0 Å². The lowest BCUT2D eigenvalue weighted by Crippen LogP contribution is -2.58. The molecule has 2 aliphatic rings. The average Bonchev–Trinajstić information content (AvgIpc) is 3.01. The van der Waals surface area contributed by atoms with E-state index in [1.807, 2.05) is 15.6 Å². The van der Waals surface area contributed by atoms with E-state index in [2.05, 4.69) is 39.4 Å². The first-order valence-corrected chi connectivity index (χ1v) is 9.14. The van der Waals surface area contributed by atoms with Gasteiger partial charge in [0.25, 0.3) is 5.91 Å². The number of anilines is 1. The number of amides is 1. The normalized spacial score (nSPS) is 19.3. The number of carbonyl (C=O) groups is 1. The van der Waals surface area contributed by atoms with Crippen LogP contribution in [0, 0.1) is 0 Å². The quantitative estimate of drug-likeness (QED) is 0.848. The number of hydrogen-bond donors (Lipinski definition) is 1. The van der Waals surface area contributed by atoms with Gasteiger partial charge in [0.05, 0.1) is 30.0 Å². The van der Waals surface area contributed by atoms with E-state index in [0.717, 1.165) is 31.1 Å². The Kier molecular flexibility index (Phi) is 4.32. The molecule has 1 amide bonds. The summed E-state index contributed by atoms with van der Waals surface area (Å²) in [7, 11) is 0. The molecule has 2 aromatic rings. The number of rotatable bonds is 2. The van der Waals surface area contributed by atoms with E-state index >= 15 is 0 Å². The second-order valence-corrected chi connectivity index (χ2v) is 7.81. The second-order valence-electron chi connectivity index (χ2n) is 7.40. The minimum atomic E-state index is -0.0860. The summed E-state index contributed by atoms with van der Waals surface area (Å²) >= 11 is 6.19. The van der Waals surface area contributed by atoms with Gasteiger partial charge in [-0.25, -0.2) is 0 Å². The molecular formula is C17H22ClN7O. The molecule has 26 heavy (non-hydrogen) atoms. The van der Waals surface area contributed by atoms with Crippen LogP contribution in [0.5, 0.6) is 0 Å². The maximum Gasteiger partial charge on any atom is 0.274 e. The fourth-order valence-electron chi connectivity index (χ4n) is 3.49. The molecule has 4 rings (SSSR count). The standard InChI is InChI=1S/C17H22ClN7O/c1-17(2)11-24(6-5-19-17)16(26)13-3-4-15(22-21-13)23-7-8-25-14(10-23)12(18)9-20-25/h3-4,9,19H,5-8,10-11H2,1-2H3. The summed E-state index contributed by atoms with van der Waals surface area (Å²) in [5.74, 6) is 0.670. The lowest BCUT2D eigenvalue weighted by molar-refractivity contribution is 0.0645. The molecule has 1 fully saturated rings. The van der Waals surface area contributed by atoms with Crippen molar-refractivity contribution in [3.63, 3.8) is 0 Å². The van der Waals surface area contributed by atoms with Crippen LogP contribution in [0.1, 0.15) is 30.0 Å². The summed E-state index contributed by atoms with van der Waals surface area (Å²) in [6.45, 7) is 8.46. The van der Waals surface area contributed by atoms with Gasteiger partial charge >= 0.3 is 0 Å². The van der Waals surface area contributed by atoms with Crippen LogP contribution in [0.3, 0.4) is 0 Å². The van der Waals surface area contributed by atoms with Crippen molar-refractivity contribution >= 4 is 23.3 Å². The number of carbonyl (C=O) groups excluding carboxylic acids is 1. The lowest BCUT2D eigenvalue weighted by Gasteiger charge is -2.38. The van der Waals surface area contributed by atoms with Gasteiger partial charge in [-0.05, 0) is 26.0 Å². The molecule has 1 N–H and O–H groups in total. The van der Waals surface area contributed by atoms with E-state index in [1.54, 1.807) is 12.3 Å². The van der Waals surface area contributed by atoms with Crippen LogP contribution in [0.15, 0.2) is 18.3 Å². The van der Waals surface area contributed by atoms with Crippen molar-refractivity contribution in [3.05, 3.63) is 34.7 Å². The van der Waals surface area contributed by atoms with Crippen molar-refractivity contribution in [2.24, 2.45) is 0 Å². The Hall–Kier alpha value is -2.19. The fraction of sp³-hybridized carbons (Fsp3) is 0.529. The Morgan fingerprint density at radius 2 is 2.08 bits per heavy atom. The highest BCUT2D eigenvalue weighted by molar-refractivity contribution is 6.31. The van der Waals surface area contributed by atoms with Gasteiger partial charge in [0, 0.05) is 31.7 Å². The van der Waals surface area contributed by atoms with Gasteiger partial charge in [-0.15, -0.1) is 10.2 Å². The van der Waals surface area contributed by atoms with E-state index in [4.69, 9.17) is 11.6 Å². The van der Waals surface area contributed by atoms with E-state index in [9.17, 15) is 4.79 Å². The molecule has 0 bridgehead atoms. The molecule has 0 spiro atoms. The fourth-order valence-corrected chi connectivity index (χ4v) is 3.69. The average molecular weight is 376 g/mol. The summed E-state index contributed by atoms with van der Waals surface area (Å²) in [6.07, 6.45) is 1.67. The summed E-state index contributed by atoms with van der Waals surface area (Å²) in [5.41, 5.74) is 1.27. The molecule has 9 heteroatoms. The molecule has 0 aliphatic carbocycles. The number of nitrogens with zero attached hydrogens (tertiary/aromatic N) is 6. The maximum absolute atomic E-state index is 12.7. The number of hydrogen-bond acceptors (Lipinski definition) is 6. The number of halogens is 1. The van der Waals surface area contributed by atoms with Gasteiger partial charge in [0.1, 0.15) is 0 Å². The zero-order valence-electron chi connectivity index (χ0n) is 14.9. The Labute approximate surface area is 157 Å². The minimum absolute atomic E-state index is 0.0709. The Bertz CT molecular complexity index is 817. The molecular weight excluding hydrogens is 354 g/mol. The van der Waals surface area contributed by atoms with Gasteiger partial charge in [-0.1, -0.05) is 11.6 Å². The second kappa shape index (κ2) is 6.51. The van der Waals surface area contributed by atoms with Gasteiger partial charge in [0.15, 0.2) is 11.5 Å². The third kappa shape index (κ3) is 3.26. The summed E-state index contributed by atoms with van der Waals surface area (Å²) < 4.78 is 1.91. The van der Waals surface area contributed by atoms with E-state index < -0.39 is 0 Å². The predicted octanol–water partition coefficient (Wildman–Crippen LogP) is 1.17. The number of aromatic nitrogens is 4. The Balaban J connectivity index is 1.47. The molecule has 0 aromatic carbocycles. The van der Waals surface area contributed by atoms with Crippen LogP contribution in [0.25, 0.3) is 0 Å². The van der Waals surface area contributed by atoms with Crippen molar-refractivity contribution in [2.75, 3.05) is 31.1 Å². The molecule has 0 unspecified atom stereocenters. The number of piperazine rings is 1. The molecule has 1 saturated heterocycles. The molecule has 0 saturated carbocycles. The molecule has 0 atom stereocenters. The smallest absolute Gasteiger partial charge is 0.274 e. The highest BCUT2D eigenvalue weighted by Crippen LogP contribution is 2.24. The van der Waals surface area contributed by atoms with Crippen LogP contribution in [0.2, 0.25) is 5.02 Å². The largest absolute Gasteiger partial charge is 0.347 e. The first kappa shape index (κ1) is 17.2. The summed E-state index contributed by atoms with van der Waals surface area (Å²) in [5, 5.41) is 16.8. The number of nitrogens with one attached hydrogen (secondary N) is 1. The third-order valence-electron chi connectivity index (χ3n) is 4.87. The first-order valence-electron chi connectivity index (χ1n) is 8.76. The highest BCUT2D eigenvalue weighted by atomic mass is 35.5. The van der Waals surface area contributed by atoms with Crippen LogP contribution in [-0.2, 0) is 13.1 Å². The minimum Gasteiger partial charge on any atom is -0.347 e. The SMILES string of the molecule is CC1(C)CN(C(=O)c2ccc(N3CCn4ncc(Cl)c4C3)nn2)CCN1. The van der Waals surface area contributed by atoms with Crippen molar-refractivity contribution in [1.82, 2.24) is 30.2 Å². The Morgan fingerprint density at radius 1 is 1.23 bits per heavy atom. The van der Waals surface area contributed by atoms with Crippen LogP contribution < -0.4 is 10.2 Å². The van der Waals surface area contributed by atoms with Crippen LogP contribution in [0.4, 0.5) is 5.82 Å². The molecule has 4 heterocycles. The monoisotopic (exact) mass is 375 g/mol. The number of fused-ring (bicyclic) bond motifs is 1. The molecule has 138 valence electrons. The van der Waals surface area contributed by atoms with Crippen LogP contribution >= 0.6 is 11.6 Å². The predicted molar refractivity (Wildman–Crippen MR) is 98.3 cm³/mol. The third-order valence-corrected chi connectivity index (χ3v) is 5.19. The summed E-state index contributed by atoms with van der Waals surface area (Å²) in [6, 6.07) is 3.61. The first-order chi connectivity index (χ1) is 12.4. The van der Waals surface area contributed by atoms with Crippen molar-refractivity contribution < 1.29 is 4.79 Å². The van der Waals surface area contributed by atoms with Crippen molar-refractivity contribution in [2.45, 2.75) is 32.5 Å². The molecule has 2 aromatic heterocycles. The van der Waals surface area contributed by atoms with E-state index in [-0.39, 0.29) is 11.4 Å². The maximum atomic E-state index is 12.7. The van der Waals surface area contributed by atoms with E-state index in [1.165, 1.54) is 0 Å². The molecule has 2 aliphatic heterocycles. The highest BCUT2D eigenvalue weighted by Gasteiger charge is 2.30. The van der Waals surface area contributed by atoms with Crippen LogP contribution in [-0.4, -0.2) is 62.5 Å². The van der Waals surface area contributed by atoms with Gasteiger partial charge < -0.3 is 15.1 Å². The zero-order chi connectivity index (χ0) is 18.3. The molecule has 8 nitrogen and oxygen atoms in total. The van der Waals surface area contributed by atoms with Crippen molar-refractivity contribution in [3.8, 4) is 0 Å². The van der Waals surface area contributed by atoms with Gasteiger partial charge in [-0.3, -0.25) is 9.48 Å². The zero-order valence-corrected chi connectivity index (χ0v) is 15.7. The molecule has 0 radical (unpaired) electrons. The van der Waals surface area contributed by atoms with Gasteiger partial charge in [-0.2, -0.15) is 5.10 Å². The lowest BCUT2D eigenvalue weighted by atomic mass is 10.0.